The van der Waals surface area contributed by atoms with E-state index in [9.17, 15) is 0 Å². The summed E-state index contributed by atoms with van der Waals surface area (Å²) >= 11 is 0. The van der Waals surface area contributed by atoms with Gasteiger partial charge in [-0.05, 0) is 18.2 Å². The second-order valence-electron chi connectivity index (χ2n) is 2.00. The summed E-state index contributed by atoms with van der Waals surface area (Å²) in [6.07, 6.45) is 5.01. The number of allylic oxidation sites excluding steroid dienone is 2. The zero-order valence-corrected chi connectivity index (χ0v) is 6.23. The lowest BCUT2D eigenvalue weighted by molar-refractivity contribution is 0.481. The van der Waals surface area contributed by atoms with Gasteiger partial charge in [0, 0.05) is 0 Å². The van der Waals surface area contributed by atoms with Gasteiger partial charge < -0.3 is 4.74 Å². The molecule has 0 spiro atoms. The first-order valence-corrected chi connectivity index (χ1v) is 3.43. The summed E-state index contributed by atoms with van der Waals surface area (Å²) in [5.41, 5.74) is 0. The van der Waals surface area contributed by atoms with Gasteiger partial charge in [0.05, 0.1) is 6.26 Å². The van der Waals surface area contributed by atoms with E-state index in [1.54, 1.807) is 18.4 Å². The fourth-order valence-corrected chi connectivity index (χ4v) is 0.672. The van der Waals surface area contributed by atoms with E-state index in [-0.39, 0.29) is 0 Å². The normalized spacial score (nSPS) is 9.82. The maximum absolute atomic E-state index is 5.19. The van der Waals surface area contributed by atoms with Crippen LogP contribution in [0.25, 0.3) is 0 Å². The number of benzene rings is 1. The first-order valence-electron chi connectivity index (χ1n) is 3.43. The van der Waals surface area contributed by atoms with E-state index in [0.29, 0.717) is 0 Å². The quantitative estimate of drug-likeness (QED) is 0.470. The Labute approximate surface area is 66.6 Å². The van der Waals surface area contributed by atoms with E-state index in [2.05, 4.69) is 6.58 Å². The maximum atomic E-state index is 5.19. The minimum Gasteiger partial charge on any atom is -0.465 e. The lowest BCUT2D eigenvalue weighted by Crippen LogP contribution is -1.78. The monoisotopic (exact) mass is 146 g/mol. The zero-order chi connectivity index (χ0) is 7.94. The molecule has 0 aliphatic rings. The van der Waals surface area contributed by atoms with Crippen molar-refractivity contribution < 1.29 is 4.74 Å². The van der Waals surface area contributed by atoms with E-state index < -0.39 is 0 Å². The molecule has 0 aliphatic heterocycles. The van der Waals surface area contributed by atoms with Crippen molar-refractivity contribution in [2.75, 3.05) is 0 Å². The van der Waals surface area contributed by atoms with Gasteiger partial charge in [0.25, 0.3) is 0 Å². The Hall–Kier alpha value is -1.50. The van der Waals surface area contributed by atoms with Gasteiger partial charge in [-0.2, -0.15) is 0 Å². The van der Waals surface area contributed by atoms with Crippen molar-refractivity contribution in [3.8, 4) is 5.75 Å². The first kappa shape index (κ1) is 7.61. The van der Waals surface area contributed by atoms with Gasteiger partial charge in [-0.25, -0.2) is 0 Å². The van der Waals surface area contributed by atoms with Crippen molar-refractivity contribution in [1.29, 1.82) is 0 Å². The minimum absolute atomic E-state index is 0.839. The van der Waals surface area contributed by atoms with Crippen molar-refractivity contribution >= 4 is 0 Å². The Kier molecular flexibility index (Phi) is 3.00. The van der Waals surface area contributed by atoms with Crippen molar-refractivity contribution in [3.05, 3.63) is 55.3 Å². The van der Waals surface area contributed by atoms with Crippen LogP contribution in [0.2, 0.25) is 0 Å². The number of ether oxygens (including phenoxy) is 1. The predicted molar refractivity (Wildman–Crippen MR) is 46.4 cm³/mol. The van der Waals surface area contributed by atoms with Crippen molar-refractivity contribution in [2.24, 2.45) is 0 Å². The summed E-state index contributed by atoms with van der Waals surface area (Å²) in [6, 6.07) is 9.60. The van der Waals surface area contributed by atoms with Gasteiger partial charge in [-0.1, -0.05) is 30.9 Å². The van der Waals surface area contributed by atoms with Crippen molar-refractivity contribution in [1.82, 2.24) is 0 Å². The molecule has 0 bridgehead atoms. The molecule has 0 saturated carbocycles. The average molecular weight is 146 g/mol. The van der Waals surface area contributed by atoms with Gasteiger partial charge in [0.2, 0.25) is 0 Å². The highest BCUT2D eigenvalue weighted by Gasteiger charge is 1.83. The minimum atomic E-state index is 0.839. The molecule has 0 aliphatic carbocycles. The lowest BCUT2D eigenvalue weighted by Gasteiger charge is -1.96. The standard InChI is InChI=1S/C10H10O/c1-2-3-9-11-10-7-5-4-6-8-10/h2-9H,1H2/b9-3-. The second kappa shape index (κ2) is 4.34. The molecule has 0 aromatic heterocycles. The van der Waals surface area contributed by atoms with E-state index in [1.165, 1.54) is 0 Å². The number of rotatable bonds is 3. The van der Waals surface area contributed by atoms with E-state index in [1.807, 2.05) is 30.3 Å². The molecular formula is C10H10O. The Morgan fingerprint density at radius 3 is 2.55 bits per heavy atom. The molecule has 1 nitrogen and oxygen atoms in total. The maximum Gasteiger partial charge on any atom is 0.126 e. The average Bonchev–Trinajstić information content (AvgIpc) is 2.07. The van der Waals surface area contributed by atoms with Crippen LogP contribution in [0.3, 0.4) is 0 Å². The van der Waals surface area contributed by atoms with Gasteiger partial charge in [0.15, 0.2) is 0 Å². The van der Waals surface area contributed by atoms with E-state index in [0.717, 1.165) is 5.75 Å². The Bertz CT molecular complexity index is 236. The third-order valence-electron chi connectivity index (χ3n) is 1.16. The molecule has 1 heteroatoms. The smallest absolute Gasteiger partial charge is 0.126 e. The van der Waals surface area contributed by atoms with Crippen LogP contribution >= 0.6 is 0 Å². The van der Waals surface area contributed by atoms with Crippen molar-refractivity contribution in [2.45, 2.75) is 0 Å². The molecule has 1 aromatic carbocycles. The summed E-state index contributed by atoms with van der Waals surface area (Å²) in [7, 11) is 0. The molecule has 0 amide bonds. The summed E-state index contributed by atoms with van der Waals surface area (Å²) < 4.78 is 5.19. The molecule has 1 aromatic rings. The summed E-state index contributed by atoms with van der Waals surface area (Å²) in [5.74, 6) is 0.839. The van der Waals surface area contributed by atoms with E-state index in [4.69, 9.17) is 4.74 Å². The summed E-state index contributed by atoms with van der Waals surface area (Å²) in [6.45, 7) is 3.53. The number of hydrogen-bond donors (Lipinski definition) is 0. The van der Waals surface area contributed by atoms with Crippen LogP contribution in [0.1, 0.15) is 0 Å². The molecule has 0 heterocycles. The third-order valence-corrected chi connectivity index (χ3v) is 1.16. The van der Waals surface area contributed by atoms with Gasteiger partial charge >= 0.3 is 0 Å². The van der Waals surface area contributed by atoms with Gasteiger partial charge in [-0.3, -0.25) is 0 Å². The van der Waals surface area contributed by atoms with Gasteiger partial charge in [-0.15, -0.1) is 0 Å². The molecule has 0 radical (unpaired) electrons. The fourth-order valence-electron chi connectivity index (χ4n) is 0.672. The highest BCUT2D eigenvalue weighted by atomic mass is 16.5. The summed E-state index contributed by atoms with van der Waals surface area (Å²) in [4.78, 5) is 0. The predicted octanol–water partition coefficient (Wildman–Crippen LogP) is 2.77. The third kappa shape index (κ3) is 2.72. The molecule has 0 N–H and O–H groups in total. The first-order chi connectivity index (χ1) is 5.43. The Morgan fingerprint density at radius 2 is 1.91 bits per heavy atom. The van der Waals surface area contributed by atoms with Crippen LogP contribution in [0.15, 0.2) is 55.3 Å². The molecule has 1 rings (SSSR count). The van der Waals surface area contributed by atoms with E-state index >= 15 is 0 Å². The Morgan fingerprint density at radius 1 is 1.18 bits per heavy atom. The topological polar surface area (TPSA) is 9.23 Å². The van der Waals surface area contributed by atoms with Crippen LogP contribution in [-0.4, -0.2) is 0 Å². The number of hydrogen-bond acceptors (Lipinski definition) is 1. The fraction of sp³-hybridized carbons (Fsp3) is 0. The van der Waals surface area contributed by atoms with Gasteiger partial charge in [0.1, 0.15) is 5.75 Å². The van der Waals surface area contributed by atoms with Crippen molar-refractivity contribution in [3.63, 3.8) is 0 Å². The van der Waals surface area contributed by atoms with Crippen LogP contribution < -0.4 is 4.74 Å². The highest BCUT2D eigenvalue weighted by molar-refractivity contribution is 5.22. The molecule has 0 saturated heterocycles. The largest absolute Gasteiger partial charge is 0.465 e. The second-order valence-corrected chi connectivity index (χ2v) is 2.00. The van der Waals surface area contributed by atoms with Crippen LogP contribution in [0.5, 0.6) is 5.75 Å². The van der Waals surface area contributed by atoms with Crippen LogP contribution in [-0.2, 0) is 0 Å². The zero-order valence-electron chi connectivity index (χ0n) is 6.23. The molecule has 0 atom stereocenters. The SMILES string of the molecule is C=C/C=C\Oc1ccccc1. The Balaban J connectivity index is 2.51. The molecule has 56 valence electrons. The molecular weight excluding hydrogens is 136 g/mol. The molecule has 0 fully saturated rings. The molecule has 11 heavy (non-hydrogen) atoms. The summed E-state index contributed by atoms with van der Waals surface area (Å²) in [5, 5.41) is 0. The number of para-hydroxylation sites is 1. The highest BCUT2D eigenvalue weighted by Crippen LogP contribution is 2.07. The van der Waals surface area contributed by atoms with Crippen LogP contribution in [0.4, 0.5) is 0 Å². The molecule has 0 unspecified atom stereocenters. The van der Waals surface area contributed by atoms with Crippen LogP contribution in [0, 0.1) is 0 Å². The lowest BCUT2D eigenvalue weighted by atomic mass is 10.3.